The number of carboxylic acid groups (broad SMARTS) is 1. The maximum atomic E-state index is 12.9. The highest BCUT2D eigenvalue weighted by atomic mass is 16.5. The molecular formula is C26H24N2O5. The lowest BCUT2D eigenvalue weighted by molar-refractivity contribution is -0.136. The van der Waals surface area contributed by atoms with Crippen molar-refractivity contribution in [3.05, 3.63) is 90.0 Å². The van der Waals surface area contributed by atoms with Gasteiger partial charge in [-0.15, -0.1) is 0 Å². The number of hydrogen-bond donors (Lipinski definition) is 2. The van der Waals surface area contributed by atoms with Crippen molar-refractivity contribution in [1.82, 2.24) is 5.32 Å². The molecular weight excluding hydrogens is 420 g/mol. The summed E-state index contributed by atoms with van der Waals surface area (Å²) in [7, 11) is 0. The third kappa shape index (κ3) is 4.72. The van der Waals surface area contributed by atoms with Gasteiger partial charge in [-0.1, -0.05) is 66.7 Å². The summed E-state index contributed by atoms with van der Waals surface area (Å²) in [6, 6.07) is 23.5. The van der Waals surface area contributed by atoms with Gasteiger partial charge in [0.1, 0.15) is 19.2 Å². The minimum absolute atomic E-state index is 0.0954. The molecule has 168 valence electrons. The number of benzene rings is 3. The Morgan fingerprint density at radius 1 is 0.909 bits per heavy atom. The molecule has 3 aromatic carbocycles. The molecule has 1 aliphatic rings. The topological polar surface area (TPSA) is 95.9 Å². The van der Waals surface area contributed by atoms with E-state index in [-0.39, 0.29) is 12.5 Å². The van der Waals surface area contributed by atoms with Crippen LogP contribution in [-0.2, 0) is 14.3 Å². The van der Waals surface area contributed by atoms with Crippen LogP contribution in [0.15, 0.2) is 78.9 Å². The molecule has 33 heavy (non-hydrogen) atoms. The number of aliphatic carboxylic acids is 1. The molecule has 7 heteroatoms. The minimum atomic E-state index is -1.15. The predicted molar refractivity (Wildman–Crippen MR) is 124 cm³/mol. The van der Waals surface area contributed by atoms with E-state index in [0.717, 1.165) is 27.2 Å². The lowest BCUT2D eigenvalue weighted by Crippen LogP contribution is -2.49. The first kappa shape index (κ1) is 22.1. The normalized spacial score (nSPS) is 12.9. The molecule has 2 amide bonds. The Morgan fingerprint density at radius 2 is 1.45 bits per heavy atom. The maximum Gasteiger partial charge on any atom is 0.407 e. The fourth-order valence-corrected chi connectivity index (χ4v) is 4.15. The molecule has 0 saturated heterocycles. The van der Waals surface area contributed by atoms with Crippen LogP contribution in [0.4, 0.5) is 10.5 Å². The van der Waals surface area contributed by atoms with E-state index in [9.17, 15) is 19.5 Å². The summed E-state index contributed by atoms with van der Waals surface area (Å²) in [4.78, 5) is 37.8. The molecule has 0 unspecified atom stereocenters. The van der Waals surface area contributed by atoms with Gasteiger partial charge >= 0.3 is 12.1 Å². The minimum Gasteiger partial charge on any atom is -0.480 e. The number of amides is 2. The van der Waals surface area contributed by atoms with Crippen LogP contribution in [0, 0.1) is 0 Å². The summed E-state index contributed by atoms with van der Waals surface area (Å²) in [5.41, 5.74) is 4.86. The van der Waals surface area contributed by atoms with E-state index in [1.54, 1.807) is 30.3 Å². The standard InChI is InChI=1S/C26H24N2O5/c1-17(25(31)28(15-24(29)30)18-9-3-2-4-10-18)27-26(32)33-16-23-21-13-7-5-11-19(21)20-12-6-8-14-22(20)23/h2-14,17,23H,15-16H2,1H3,(H,27,32)(H,29,30)/t17-/m1/s1. The molecule has 0 saturated carbocycles. The van der Waals surface area contributed by atoms with Crippen LogP contribution in [-0.4, -0.2) is 42.3 Å². The van der Waals surface area contributed by atoms with Gasteiger partial charge in [-0.2, -0.15) is 0 Å². The zero-order valence-corrected chi connectivity index (χ0v) is 18.1. The average Bonchev–Trinajstić information content (AvgIpc) is 3.15. The summed E-state index contributed by atoms with van der Waals surface area (Å²) >= 11 is 0. The Balaban J connectivity index is 1.42. The fraction of sp³-hybridized carbons (Fsp3) is 0.192. The Morgan fingerprint density at radius 3 is 2.03 bits per heavy atom. The first-order valence-corrected chi connectivity index (χ1v) is 10.7. The van der Waals surface area contributed by atoms with Crippen LogP contribution >= 0.6 is 0 Å². The number of alkyl carbamates (subject to hydrolysis) is 1. The Hall–Kier alpha value is -4.13. The number of carboxylic acids is 1. The average molecular weight is 444 g/mol. The number of nitrogens with one attached hydrogen (secondary N) is 1. The highest BCUT2D eigenvalue weighted by Crippen LogP contribution is 2.44. The van der Waals surface area contributed by atoms with Gasteiger partial charge in [0.2, 0.25) is 5.91 Å². The summed E-state index contributed by atoms with van der Waals surface area (Å²) in [5.74, 6) is -1.79. The van der Waals surface area contributed by atoms with Crippen LogP contribution < -0.4 is 10.2 Å². The molecule has 0 aromatic heterocycles. The number of para-hydroxylation sites is 1. The summed E-state index contributed by atoms with van der Waals surface area (Å²) < 4.78 is 5.49. The number of carbonyl (C=O) groups is 3. The first-order valence-electron chi connectivity index (χ1n) is 10.7. The van der Waals surface area contributed by atoms with E-state index in [1.165, 1.54) is 6.92 Å². The second kappa shape index (κ2) is 9.56. The van der Waals surface area contributed by atoms with Crippen molar-refractivity contribution in [3.8, 4) is 11.1 Å². The maximum absolute atomic E-state index is 12.9. The third-order valence-electron chi connectivity index (χ3n) is 5.68. The fourth-order valence-electron chi connectivity index (χ4n) is 4.15. The van der Waals surface area contributed by atoms with Crippen molar-refractivity contribution in [1.29, 1.82) is 0 Å². The molecule has 0 bridgehead atoms. The molecule has 0 heterocycles. The van der Waals surface area contributed by atoms with Crippen LogP contribution in [0.25, 0.3) is 11.1 Å². The van der Waals surface area contributed by atoms with E-state index in [1.807, 2.05) is 36.4 Å². The number of anilines is 1. The molecule has 1 atom stereocenters. The van der Waals surface area contributed by atoms with Crippen LogP contribution in [0.2, 0.25) is 0 Å². The quantitative estimate of drug-likeness (QED) is 0.574. The van der Waals surface area contributed by atoms with Crippen molar-refractivity contribution >= 4 is 23.7 Å². The van der Waals surface area contributed by atoms with Crippen molar-refractivity contribution in [2.24, 2.45) is 0 Å². The number of rotatable bonds is 7. The van der Waals surface area contributed by atoms with Gasteiger partial charge in [0.05, 0.1) is 0 Å². The number of fused-ring (bicyclic) bond motifs is 3. The Bertz CT molecular complexity index is 1130. The lowest BCUT2D eigenvalue weighted by Gasteiger charge is -2.25. The highest BCUT2D eigenvalue weighted by molar-refractivity contribution is 6.01. The van der Waals surface area contributed by atoms with Crippen molar-refractivity contribution in [3.63, 3.8) is 0 Å². The van der Waals surface area contributed by atoms with Gasteiger partial charge in [0, 0.05) is 11.6 Å². The molecule has 7 nitrogen and oxygen atoms in total. The largest absolute Gasteiger partial charge is 0.480 e. The van der Waals surface area contributed by atoms with E-state index in [4.69, 9.17) is 4.74 Å². The highest BCUT2D eigenvalue weighted by Gasteiger charge is 2.30. The summed E-state index contributed by atoms with van der Waals surface area (Å²) in [5, 5.41) is 11.7. The van der Waals surface area contributed by atoms with Gasteiger partial charge < -0.3 is 15.2 Å². The van der Waals surface area contributed by atoms with E-state index >= 15 is 0 Å². The second-order valence-corrected chi connectivity index (χ2v) is 7.85. The van der Waals surface area contributed by atoms with Gasteiger partial charge in [-0.25, -0.2) is 4.79 Å². The number of nitrogens with zero attached hydrogens (tertiary/aromatic N) is 1. The molecule has 3 aromatic rings. The van der Waals surface area contributed by atoms with E-state index in [0.29, 0.717) is 5.69 Å². The second-order valence-electron chi connectivity index (χ2n) is 7.85. The summed E-state index contributed by atoms with van der Waals surface area (Å²) in [6.07, 6.45) is -0.735. The zero-order chi connectivity index (χ0) is 23.4. The van der Waals surface area contributed by atoms with Crippen LogP contribution in [0.5, 0.6) is 0 Å². The SMILES string of the molecule is C[C@@H](NC(=O)OCC1c2ccccc2-c2ccccc21)C(=O)N(CC(=O)O)c1ccccc1. The molecule has 1 aliphatic carbocycles. The zero-order valence-electron chi connectivity index (χ0n) is 18.1. The first-order chi connectivity index (χ1) is 16.0. The Kier molecular flexibility index (Phi) is 6.40. The molecule has 0 spiro atoms. The van der Waals surface area contributed by atoms with E-state index in [2.05, 4.69) is 17.4 Å². The number of carbonyl (C=O) groups excluding carboxylic acids is 2. The summed E-state index contributed by atoms with van der Waals surface area (Å²) in [6.45, 7) is 1.11. The van der Waals surface area contributed by atoms with Gasteiger partial charge in [0.25, 0.3) is 0 Å². The number of ether oxygens (including phenoxy) is 1. The van der Waals surface area contributed by atoms with Crippen molar-refractivity contribution in [2.75, 3.05) is 18.1 Å². The van der Waals surface area contributed by atoms with Crippen molar-refractivity contribution in [2.45, 2.75) is 18.9 Å². The molecule has 2 N–H and O–H groups in total. The molecule has 0 fully saturated rings. The van der Waals surface area contributed by atoms with Crippen molar-refractivity contribution < 1.29 is 24.2 Å². The number of hydrogen-bond acceptors (Lipinski definition) is 4. The third-order valence-corrected chi connectivity index (χ3v) is 5.68. The van der Waals surface area contributed by atoms with Gasteiger partial charge in [0.15, 0.2) is 0 Å². The Labute approximate surface area is 191 Å². The molecule has 0 aliphatic heterocycles. The lowest BCUT2D eigenvalue weighted by atomic mass is 9.98. The monoisotopic (exact) mass is 444 g/mol. The molecule has 0 radical (unpaired) electrons. The predicted octanol–water partition coefficient (Wildman–Crippen LogP) is 4.03. The smallest absolute Gasteiger partial charge is 0.407 e. The van der Waals surface area contributed by atoms with Gasteiger partial charge in [-0.3, -0.25) is 14.5 Å². The van der Waals surface area contributed by atoms with Gasteiger partial charge in [-0.05, 0) is 41.3 Å². The van der Waals surface area contributed by atoms with Crippen LogP contribution in [0.3, 0.4) is 0 Å². The van der Waals surface area contributed by atoms with Crippen LogP contribution in [0.1, 0.15) is 24.0 Å². The molecule has 4 rings (SSSR count). The van der Waals surface area contributed by atoms with E-state index < -0.39 is 30.6 Å².